The molecule has 1 aliphatic rings. The molecule has 176 valence electrons. The number of nitrogens with one attached hydrogen (secondary N) is 3. The summed E-state index contributed by atoms with van der Waals surface area (Å²) in [5.41, 5.74) is 1.35. The van der Waals surface area contributed by atoms with E-state index in [2.05, 4.69) is 16.0 Å². The molecule has 0 aromatic heterocycles. The van der Waals surface area contributed by atoms with Crippen LogP contribution in [0.4, 0.5) is 21.9 Å². The molecule has 2 aromatic carbocycles. The summed E-state index contributed by atoms with van der Waals surface area (Å²) in [7, 11) is 1.20. The smallest absolute Gasteiger partial charge is 0.319 e. The number of rotatable bonds is 7. The minimum Gasteiger partial charge on any atom is -0.370 e. The first-order valence-corrected chi connectivity index (χ1v) is 12.5. The summed E-state index contributed by atoms with van der Waals surface area (Å²) in [6.07, 6.45) is 0. The van der Waals surface area contributed by atoms with E-state index in [1.165, 1.54) is 12.1 Å². The molecule has 3 N–H and O–H groups in total. The third-order valence-electron chi connectivity index (χ3n) is 4.52. The molecule has 1 aliphatic heterocycles. The zero-order chi connectivity index (χ0) is 24.0. The van der Waals surface area contributed by atoms with Crippen molar-refractivity contribution in [1.29, 1.82) is 0 Å². The van der Waals surface area contributed by atoms with Crippen LogP contribution in [0.5, 0.6) is 0 Å². The predicted octanol–water partition coefficient (Wildman–Crippen LogP) is 2.40. The SMILES string of the molecule is O=C(Nc1ccc(Cl)cc1)N[C@H](CS(=O)(=O)Cl)C(=O)Nc1ccc(N2CCOCC2=O)cc1. The molecule has 0 bridgehead atoms. The van der Waals surface area contributed by atoms with Crippen LogP contribution in [0.2, 0.25) is 5.02 Å². The molecule has 0 unspecified atom stereocenters. The summed E-state index contributed by atoms with van der Waals surface area (Å²) in [6, 6.07) is 10.3. The topological polar surface area (TPSA) is 134 Å². The Morgan fingerprint density at radius 1 is 1.03 bits per heavy atom. The van der Waals surface area contributed by atoms with E-state index in [1.807, 2.05) is 0 Å². The lowest BCUT2D eigenvalue weighted by Gasteiger charge is -2.27. The zero-order valence-electron chi connectivity index (χ0n) is 17.1. The minimum absolute atomic E-state index is 0.00315. The molecule has 0 spiro atoms. The number of carbonyl (C=O) groups excluding carboxylic acids is 3. The van der Waals surface area contributed by atoms with Gasteiger partial charge in [-0.2, -0.15) is 0 Å². The maximum atomic E-state index is 12.7. The maximum absolute atomic E-state index is 12.7. The number of hydrogen-bond donors (Lipinski definition) is 3. The van der Waals surface area contributed by atoms with E-state index >= 15 is 0 Å². The number of urea groups is 1. The molecule has 0 saturated carbocycles. The molecule has 0 radical (unpaired) electrons. The summed E-state index contributed by atoms with van der Waals surface area (Å²) >= 11 is 5.80. The molecule has 3 rings (SSSR count). The molecule has 1 heterocycles. The van der Waals surface area contributed by atoms with Crippen molar-refractivity contribution in [3.05, 3.63) is 53.6 Å². The Morgan fingerprint density at radius 3 is 2.24 bits per heavy atom. The standard InChI is InChI=1S/C20H20Cl2N4O6S/c21-13-1-3-15(4-2-13)24-20(29)25-17(12-33(22,30)31)19(28)23-14-5-7-16(8-6-14)26-9-10-32-11-18(26)27/h1-8,17H,9-12H2,(H,23,28)(H2,24,25,29)/t17-/m1/s1. The molecule has 0 aliphatic carbocycles. The van der Waals surface area contributed by atoms with E-state index in [-0.39, 0.29) is 12.5 Å². The summed E-state index contributed by atoms with van der Waals surface area (Å²) in [5.74, 6) is -1.79. The number of nitrogens with zero attached hydrogens (tertiary/aromatic N) is 1. The molecule has 1 fully saturated rings. The fraction of sp³-hybridized carbons (Fsp3) is 0.250. The second-order valence-corrected chi connectivity index (χ2v) is 10.3. The highest BCUT2D eigenvalue weighted by Crippen LogP contribution is 2.20. The van der Waals surface area contributed by atoms with Crippen LogP contribution in [0.25, 0.3) is 0 Å². The monoisotopic (exact) mass is 514 g/mol. The molecule has 10 nitrogen and oxygen atoms in total. The van der Waals surface area contributed by atoms with Crippen molar-refractivity contribution in [1.82, 2.24) is 5.32 Å². The highest BCUT2D eigenvalue weighted by atomic mass is 35.7. The van der Waals surface area contributed by atoms with Crippen LogP contribution < -0.4 is 20.9 Å². The van der Waals surface area contributed by atoms with Crippen LogP contribution in [0.15, 0.2) is 48.5 Å². The lowest BCUT2D eigenvalue weighted by atomic mass is 10.2. The van der Waals surface area contributed by atoms with E-state index in [0.29, 0.717) is 35.2 Å². The van der Waals surface area contributed by atoms with Gasteiger partial charge < -0.3 is 25.6 Å². The largest absolute Gasteiger partial charge is 0.370 e. The van der Waals surface area contributed by atoms with Gasteiger partial charge in [0.05, 0.1) is 12.4 Å². The van der Waals surface area contributed by atoms with E-state index in [0.717, 1.165) is 0 Å². The highest BCUT2D eigenvalue weighted by Gasteiger charge is 2.27. The number of carbonyl (C=O) groups is 3. The van der Waals surface area contributed by atoms with Crippen LogP contribution in [0.3, 0.4) is 0 Å². The van der Waals surface area contributed by atoms with Gasteiger partial charge in [-0.15, -0.1) is 0 Å². The summed E-state index contributed by atoms with van der Waals surface area (Å²) < 4.78 is 28.3. The van der Waals surface area contributed by atoms with E-state index < -0.39 is 32.8 Å². The Balaban J connectivity index is 1.66. The maximum Gasteiger partial charge on any atom is 0.319 e. The lowest BCUT2D eigenvalue weighted by molar-refractivity contribution is -0.125. The molecule has 33 heavy (non-hydrogen) atoms. The molecule has 2 aromatic rings. The van der Waals surface area contributed by atoms with Crippen LogP contribution in [0, 0.1) is 0 Å². The number of halogens is 2. The van der Waals surface area contributed by atoms with Crippen LogP contribution >= 0.6 is 22.3 Å². The normalized spacial score (nSPS) is 15.0. The average molecular weight is 515 g/mol. The quantitative estimate of drug-likeness (QED) is 0.485. The highest BCUT2D eigenvalue weighted by molar-refractivity contribution is 8.13. The van der Waals surface area contributed by atoms with Gasteiger partial charge in [0.2, 0.25) is 15.0 Å². The van der Waals surface area contributed by atoms with Gasteiger partial charge in [-0.1, -0.05) is 11.6 Å². The average Bonchev–Trinajstić information content (AvgIpc) is 2.75. The van der Waals surface area contributed by atoms with Crippen molar-refractivity contribution >= 4 is 66.2 Å². The first-order valence-electron chi connectivity index (χ1n) is 9.65. The fourth-order valence-electron chi connectivity index (χ4n) is 2.99. The van der Waals surface area contributed by atoms with Crippen molar-refractivity contribution in [2.75, 3.05) is 41.0 Å². The van der Waals surface area contributed by atoms with Gasteiger partial charge in [-0.25, -0.2) is 13.2 Å². The third-order valence-corrected chi connectivity index (χ3v) is 5.88. The van der Waals surface area contributed by atoms with Gasteiger partial charge in [0.1, 0.15) is 12.6 Å². The van der Waals surface area contributed by atoms with E-state index in [1.54, 1.807) is 41.3 Å². The predicted molar refractivity (Wildman–Crippen MR) is 125 cm³/mol. The van der Waals surface area contributed by atoms with Crippen molar-refractivity contribution in [2.45, 2.75) is 6.04 Å². The number of morpholine rings is 1. The Bertz CT molecular complexity index is 1130. The van der Waals surface area contributed by atoms with E-state index in [4.69, 9.17) is 27.0 Å². The van der Waals surface area contributed by atoms with Crippen molar-refractivity contribution < 1.29 is 27.5 Å². The number of anilines is 3. The zero-order valence-corrected chi connectivity index (χ0v) is 19.4. The summed E-state index contributed by atoms with van der Waals surface area (Å²) in [4.78, 5) is 38.5. The van der Waals surface area contributed by atoms with Gasteiger partial charge in [-0.05, 0) is 48.5 Å². The van der Waals surface area contributed by atoms with Crippen molar-refractivity contribution in [3.8, 4) is 0 Å². The first kappa shape index (κ1) is 24.8. The Kier molecular flexibility index (Phi) is 8.14. The number of hydrogen-bond acceptors (Lipinski definition) is 6. The van der Waals surface area contributed by atoms with Crippen LogP contribution in [-0.4, -0.2) is 57.8 Å². The van der Waals surface area contributed by atoms with Crippen LogP contribution in [0.1, 0.15) is 0 Å². The number of benzene rings is 2. The van der Waals surface area contributed by atoms with Gasteiger partial charge in [0.25, 0.3) is 5.91 Å². The molecular weight excluding hydrogens is 495 g/mol. The summed E-state index contributed by atoms with van der Waals surface area (Å²) in [5, 5.41) is 7.78. The molecule has 1 saturated heterocycles. The Hall–Kier alpha value is -2.86. The van der Waals surface area contributed by atoms with Crippen molar-refractivity contribution in [2.24, 2.45) is 0 Å². The van der Waals surface area contributed by atoms with Crippen molar-refractivity contribution in [3.63, 3.8) is 0 Å². The lowest BCUT2D eigenvalue weighted by Crippen LogP contribution is -2.48. The number of ether oxygens (including phenoxy) is 1. The molecule has 13 heteroatoms. The third kappa shape index (κ3) is 7.60. The van der Waals surface area contributed by atoms with Gasteiger partial charge in [0, 0.05) is 39.3 Å². The summed E-state index contributed by atoms with van der Waals surface area (Å²) in [6.45, 7) is 0.826. The Labute approximate surface area is 199 Å². The second kappa shape index (κ2) is 10.8. The number of amides is 4. The molecular formula is C20H20Cl2N4O6S. The van der Waals surface area contributed by atoms with Gasteiger partial charge in [-0.3, -0.25) is 9.59 Å². The second-order valence-electron chi connectivity index (χ2n) is 7.00. The molecule has 1 atom stereocenters. The first-order chi connectivity index (χ1) is 15.6. The molecule has 4 amide bonds. The minimum atomic E-state index is -4.12. The Morgan fingerprint density at radius 2 is 1.64 bits per heavy atom. The van der Waals surface area contributed by atoms with E-state index in [9.17, 15) is 22.8 Å². The van der Waals surface area contributed by atoms with Gasteiger partial charge >= 0.3 is 6.03 Å². The van der Waals surface area contributed by atoms with Gasteiger partial charge in [0.15, 0.2) is 0 Å². The fourth-order valence-corrected chi connectivity index (χ4v) is 4.12. The van der Waals surface area contributed by atoms with Crippen LogP contribution in [-0.2, 0) is 23.4 Å².